The fraction of sp³-hybridized carbons (Fsp3) is 0.250. The molecule has 0 aliphatic rings. The van der Waals surface area contributed by atoms with Gasteiger partial charge in [-0.1, -0.05) is 11.6 Å². The summed E-state index contributed by atoms with van der Waals surface area (Å²) in [5.74, 6) is -1.01. The number of halogens is 1. The molecule has 0 unspecified atom stereocenters. The van der Waals surface area contributed by atoms with E-state index in [4.69, 9.17) is 4.74 Å². The summed E-state index contributed by atoms with van der Waals surface area (Å²) in [6.45, 7) is 3.45. The number of carbonyl (C=O) groups is 1. The number of benzene rings is 1. The average molecular weight is 289 g/mol. The molecule has 21 heavy (non-hydrogen) atoms. The van der Waals surface area contributed by atoms with Gasteiger partial charge in [0.25, 0.3) is 0 Å². The number of ether oxygens (including phenoxy) is 1. The Morgan fingerprint density at radius 3 is 2.67 bits per heavy atom. The van der Waals surface area contributed by atoms with Gasteiger partial charge in [-0.15, -0.1) is 0 Å². The Balaban J connectivity index is 2.20. The molecule has 5 heteroatoms. The van der Waals surface area contributed by atoms with Crippen LogP contribution in [0.5, 0.6) is 0 Å². The highest BCUT2D eigenvalue weighted by molar-refractivity contribution is 5.89. The highest BCUT2D eigenvalue weighted by Crippen LogP contribution is 2.22. The van der Waals surface area contributed by atoms with E-state index in [1.165, 1.54) is 29.0 Å². The van der Waals surface area contributed by atoms with Crippen LogP contribution in [0.1, 0.15) is 34.5 Å². The van der Waals surface area contributed by atoms with Crippen LogP contribution in [0.25, 0.3) is 0 Å². The van der Waals surface area contributed by atoms with Crippen molar-refractivity contribution in [1.29, 1.82) is 0 Å². The molecule has 2 aromatic rings. The first-order chi connectivity index (χ1) is 9.88. The summed E-state index contributed by atoms with van der Waals surface area (Å²) in [7, 11) is 1.54. The van der Waals surface area contributed by atoms with Gasteiger partial charge < -0.3 is 9.30 Å². The summed E-state index contributed by atoms with van der Waals surface area (Å²) < 4.78 is 20.3. The third-order valence-electron chi connectivity index (χ3n) is 3.19. The molecule has 0 N–H and O–H groups in total. The van der Waals surface area contributed by atoms with Gasteiger partial charge in [0.1, 0.15) is 11.9 Å². The van der Waals surface area contributed by atoms with E-state index in [-0.39, 0.29) is 11.1 Å². The minimum Gasteiger partial charge on any atom is -0.454 e. The van der Waals surface area contributed by atoms with E-state index in [1.54, 1.807) is 26.1 Å². The normalized spacial score (nSPS) is 12.0. The van der Waals surface area contributed by atoms with Crippen molar-refractivity contribution in [1.82, 2.24) is 4.57 Å². The van der Waals surface area contributed by atoms with Gasteiger partial charge in [-0.05, 0) is 32.0 Å². The molecular formula is C16H16FNO3. The van der Waals surface area contributed by atoms with Gasteiger partial charge in [-0.25, -0.2) is 9.18 Å². The minimum absolute atomic E-state index is 0.218. The van der Waals surface area contributed by atoms with Crippen LogP contribution in [-0.4, -0.2) is 10.5 Å². The Morgan fingerprint density at radius 2 is 2.00 bits per heavy atom. The number of nitrogens with zero attached hydrogens (tertiary/aromatic N) is 1. The van der Waals surface area contributed by atoms with Crippen LogP contribution in [0.15, 0.2) is 41.3 Å². The lowest BCUT2D eigenvalue weighted by Crippen LogP contribution is -2.18. The summed E-state index contributed by atoms with van der Waals surface area (Å²) in [5.41, 5.74) is 1.24. The van der Waals surface area contributed by atoms with Gasteiger partial charge in [-0.3, -0.25) is 4.79 Å². The molecule has 0 saturated heterocycles. The molecule has 1 aromatic carbocycles. The minimum atomic E-state index is -0.713. The topological polar surface area (TPSA) is 48.3 Å². The predicted molar refractivity (Wildman–Crippen MR) is 76.7 cm³/mol. The standard InChI is InChI=1S/C16H16FNO3/c1-10-4-6-14(17)13(8-10)11(2)21-16(20)12-5-7-15(19)18(3)9-12/h4-9,11H,1-3H3/t11-/m0/s1. The van der Waals surface area contributed by atoms with Crippen LogP contribution in [-0.2, 0) is 11.8 Å². The van der Waals surface area contributed by atoms with E-state index in [1.807, 2.05) is 6.92 Å². The van der Waals surface area contributed by atoms with Gasteiger partial charge in [0, 0.05) is 24.9 Å². The van der Waals surface area contributed by atoms with Gasteiger partial charge in [0.05, 0.1) is 5.56 Å². The van der Waals surface area contributed by atoms with Crippen LogP contribution in [0, 0.1) is 12.7 Å². The summed E-state index contributed by atoms with van der Waals surface area (Å²) >= 11 is 0. The molecule has 0 saturated carbocycles. The molecular weight excluding hydrogens is 273 g/mol. The van der Waals surface area contributed by atoms with E-state index in [0.29, 0.717) is 5.56 Å². The maximum absolute atomic E-state index is 13.8. The first kappa shape index (κ1) is 15.0. The zero-order valence-electron chi connectivity index (χ0n) is 12.1. The number of aryl methyl sites for hydroxylation is 2. The number of aromatic nitrogens is 1. The first-order valence-corrected chi connectivity index (χ1v) is 6.52. The molecule has 0 aliphatic carbocycles. The van der Waals surface area contributed by atoms with Crippen LogP contribution in [0.3, 0.4) is 0 Å². The largest absolute Gasteiger partial charge is 0.454 e. The maximum atomic E-state index is 13.8. The van der Waals surface area contributed by atoms with Gasteiger partial charge >= 0.3 is 5.97 Å². The summed E-state index contributed by atoms with van der Waals surface area (Å²) in [4.78, 5) is 23.3. The number of rotatable bonds is 3. The Hall–Kier alpha value is -2.43. The van der Waals surface area contributed by atoms with Gasteiger partial charge in [0.15, 0.2) is 0 Å². The third-order valence-corrected chi connectivity index (χ3v) is 3.19. The molecule has 1 atom stereocenters. The number of pyridine rings is 1. The van der Waals surface area contributed by atoms with Crippen molar-refractivity contribution in [2.75, 3.05) is 0 Å². The second kappa shape index (κ2) is 5.91. The fourth-order valence-corrected chi connectivity index (χ4v) is 1.98. The van der Waals surface area contributed by atoms with Gasteiger partial charge in [-0.2, -0.15) is 0 Å². The Bertz CT molecular complexity index is 737. The first-order valence-electron chi connectivity index (χ1n) is 6.52. The molecule has 1 aromatic heterocycles. The Labute approximate surface area is 121 Å². The number of hydrogen-bond acceptors (Lipinski definition) is 3. The molecule has 0 amide bonds. The number of hydrogen-bond donors (Lipinski definition) is 0. The number of esters is 1. The third kappa shape index (κ3) is 3.37. The lowest BCUT2D eigenvalue weighted by molar-refractivity contribution is 0.0330. The van der Waals surface area contributed by atoms with E-state index in [9.17, 15) is 14.0 Å². The van der Waals surface area contributed by atoms with Crippen LogP contribution in [0.4, 0.5) is 4.39 Å². The lowest BCUT2D eigenvalue weighted by atomic mass is 10.1. The molecule has 0 aliphatic heterocycles. The Kier molecular flexibility index (Phi) is 4.21. The molecule has 4 nitrogen and oxygen atoms in total. The molecule has 0 bridgehead atoms. The molecule has 2 rings (SSSR count). The highest BCUT2D eigenvalue weighted by Gasteiger charge is 2.17. The van der Waals surface area contributed by atoms with Crippen LogP contribution < -0.4 is 5.56 Å². The van der Waals surface area contributed by atoms with E-state index in [0.717, 1.165) is 5.56 Å². The summed E-state index contributed by atoms with van der Waals surface area (Å²) in [5, 5.41) is 0. The van der Waals surface area contributed by atoms with Crippen molar-refractivity contribution in [3.8, 4) is 0 Å². The van der Waals surface area contributed by atoms with Crippen LogP contribution in [0.2, 0.25) is 0 Å². The molecule has 1 heterocycles. The smallest absolute Gasteiger partial charge is 0.340 e. The fourth-order valence-electron chi connectivity index (χ4n) is 1.98. The number of carbonyl (C=O) groups excluding carboxylic acids is 1. The highest BCUT2D eigenvalue weighted by atomic mass is 19.1. The summed E-state index contributed by atoms with van der Waals surface area (Å²) in [6, 6.07) is 7.33. The lowest BCUT2D eigenvalue weighted by Gasteiger charge is -2.15. The molecule has 0 fully saturated rings. The zero-order valence-corrected chi connectivity index (χ0v) is 12.1. The quantitative estimate of drug-likeness (QED) is 0.816. The molecule has 0 spiro atoms. The zero-order chi connectivity index (χ0) is 15.6. The van der Waals surface area contributed by atoms with Gasteiger partial charge in [0.2, 0.25) is 5.56 Å². The SMILES string of the molecule is Cc1ccc(F)c([C@H](C)OC(=O)c2ccc(=O)n(C)c2)c1. The van der Waals surface area contributed by atoms with Crippen molar-refractivity contribution in [2.24, 2.45) is 7.05 Å². The monoisotopic (exact) mass is 289 g/mol. The maximum Gasteiger partial charge on any atom is 0.340 e. The van der Waals surface area contributed by atoms with Crippen molar-refractivity contribution >= 4 is 5.97 Å². The second-order valence-corrected chi connectivity index (χ2v) is 4.94. The van der Waals surface area contributed by atoms with Crippen molar-refractivity contribution < 1.29 is 13.9 Å². The average Bonchev–Trinajstić information content (AvgIpc) is 2.44. The second-order valence-electron chi connectivity index (χ2n) is 4.94. The van der Waals surface area contributed by atoms with Crippen LogP contribution >= 0.6 is 0 Å². The summed E-state index contributed by atoms with van der Waals surface area (Å²) in [6.07, 6.45) is 0.680. The van der Waals surface area contributed by atoms with Crippen molar-refractivity contribution in [3.63, 3.8) is 0 Å². The van der Waals surface area contributed by atoms with Crippen molar-refractivity contribution in [3.05, 3.63) is 69.4 Å². The molecule has 110 valence electrons. The predicted octanol–water partition coefficient (Wildman–Crippen LogP) is 2.75. The van der Waals surface area contributed by atoms with E-state index in [2.05, 4.69) is 0 Å². The van der Waals surface area contributed by atoms with E-state index >= 15 is 0 Å². The Morgan fingerprint density at radius 1 is 1.29 bits per heavy atom. The molecule has 0 radical (unpaired) electrons. The van der Waals surface area contributed by atoms with Crippen molar-refractivity contribution in [2.45, 2.75) is 20.0 Å². The van der Waals surface area contributed by atoms with E-state index < -0.39 is 17.9 Å².